The molecule has 100 valence electrons. The molecular formula is C10H12F2N2O3S. The average Bonchev–Trinajstić information content (AvgIpc) is 2.26. The van der Waals surface area contributed by atoms with Crippen LogP contribution in [0.4, 0.5) is 8.78 Å². The number of nitrogens with zero attached hydrogens (tertiary/aromatic N) is 2. The van der Waals surface area contributed by atoms with Crippen LogP contribution in [0.2, 0.25) is 0 Å². The third kappa shape index (κ3) is 3.23. The van der Waals surface area contributed by atoms with Crippen LogP contribution >= 0.6 is 0 Å². The van der Waals surface area contributed by atoms with E-state index in [0.717, 1.165) is 6.34 Å². The molecule has 0 saturated heterocycles. The Balaban J connectivity index is 3.27. The Labute approximate surface area is 103 Å². The second-order valence-electron chi connectivity index (χ2n) is 3.68. The lowest BCUT2D eigenvalue weighted by Gasteiger charge is -2.06. The molecule has 0 aliphatic heterocycles. The highest BCUT2D eigenvalue weighted by Crippen LogP contribution is 2.20. The highest BCUT2D eigenvalue weighted by Gasteiger charge is 2.18. The van der Waals surface area contributed by atoms with Crippen LogP contribution in [-0.2, 0) is 16.6 Å². The molecule has 0 bridgehead atoms. The van der Waals surface area contributed by atoms with E-state index in [9.17, 15) is 17.2 Å². The van der Waals surface area contributed by atoms with E-state index in [0.29, 0.717) is 12.1 Å². The van der Waals surface area contributed by atoms with Gasteiger partial charge in [0.25, 0.3) is 10.0 Å². The van der Waals surface area contributed by atoms with Crippen molar-refractivity contribution >= 4 is 16.4 Å². The molecule has 0 amide bonds. The average molecular weight is 278 g/mol. The highest BCUT2D eigenvalue weighted by atomic mass is 32.2. The Bertz CT molecular complexity index is 547. The van der Waals surface area contributed by atoms with Crippen molar-refractivity contribution in [2.45, 2.75) is 11.5 Å². The summed E-state index contributed by atoms with van der Waals surface area (Å²) in [4.78, 5) is 0.764. The van der Waals surface area contributed by atoms with Crippen molar-refractivity contribution in [2.24, 2.45) is 4.40 Å². The van der Waals surface area contributed by atoms with Gasteiger partial charge in [-0.15, -0.1) is 4.40 Å². The van der Waals surface area contributed by atoms with Crippen LogP contribution in [0.3, 0.4) is 0 Å². The molecule has 0 saturated carbocycles. The van der Waals surface area contributed by atoms with Crippen molar-refractivity contribution in [3.63, 3.8) is 0 Å². The number of hydrogen-bond donors (Lipinski definition) is 1. The van der Waals surface area contributed by atoms with Crippen molar-refractivity contribution < 1.29 is 22.3 Å². The van der Waals surface area contributed by atoms with Gasteiger partial charge in [0.1, 0.15) is 18.0 Å². The van der Waals surface area contributed by atoms with Gasteiger partial charge in [0.05, 0.1) is 11.5 Å². The summed E-state index contributed by atoms with van der Waals surface area (Å²) in [6, 6.07) is 1.24. The van der Waals surface area contributed by atoms with Crippen molar-refractivity contribution in [3.05, 3.63) is 29.3 Å². The molecule has 0 aliphatic rings. The van der Waals surface area contributed by atoms with E-state index in [2.05, 4.69) is 4.40 Å². The Hall–Kier alpha value is -1.54. The number of aliphatic hydroxyl groups is 1. The first-order valence-corrected chi connectivity index (χ1v) is 6.27. The lowest BCUT2D eigenvalue weighted by molar-refractivity contribution is 0.268. The Morgan fingerprint density at radius 3 is 2.22 bits per heavy atom. The maximum atomic E-state index is 13.3. The number of aliphatic hydroxyl groups excluding tert-OH is 1. The zero-order chi connectivity index (χ0) is 13.9. The summed E-state index contributed by atoms with van der Waals surface area (Å²) >= 11 is 0. The van der Waals surface area contributed by atoms with E-state index in [4.69, 9.17) is 5.11 Å². The molecule has 18 heavy (non-hydrogen) atoms. The Morgan fingerprint density at radius 2 is 1.83 bits per heavy atom. The fourth-order valence-electron chi connectivity index (χ4n) is 1.10. The number of halogens is 2. The maximum absolute atomic E-state index is 13.3. The van der Waals surface area contributed by atoms with E-state index in [1.165, 1.54) is 4.90 Å². The van der Waals surface area contributed by atoms with E-state index < -0.39 is 38.7 Å². The zero-order valence-electron chi connectivity index (χ0n) is 9.76. The van der Waals surface area contributed by atoms with Gasteiger partial charge >= 0.3 is 0 Å². The summed E-state index contributed by atoms with van der Waals surface area (Å²) in [5, 5.41) is 8.70. The van der Waals surface area contributed by atoms with Gasteiger partial charge in [0.2, 0.25) is 0 Å². The smallest absolute Gasteiger partial charge is 0.283 e. The van der Waals surface area contributed by atoms with Crippen LogP contribution in [0.5, 0.6) is 0 Å². The molecule has 0 aliphatic carbocycles. The largest absolute Gasteiger partial charge is 0.391 e. The lowest BCUT2D eigenvalue weighted by Crippen LogP contribution is -2.10. The van der Waals surface area contributed by atoms with Crippen LogP contribution in [0.15, 0.2) is 21.4 Å². The fourth-order valence-corrected chi connectivity index (χ4v) is 2.04. The summed E-state index contributed by atoms with van der Waals surface area (Å²) in [5.41, 5.74) is -0.578. The summed E-state index contributed by atoms with van der Waals surface area (Å²) in [6.07, 6.45) is 1.01. The van der Waals surface area contributed by atoms with Crippen LogP contribution in [0.25, 0.3) is 0 Å². The van der Waals surface area contributed by atoms with Gasteiger partial charge in [-0.3, -0.25) is 0 Å². The second-order valence-corrected chi connectivity index (χ2v) is 5.32. The third-order valence-corrected chi connectivity index (χ3v) is 3.19. The van der Waals surface area contributed by atoms with Gasteiger partial charge in [-0.1, -0.05) is 0 Å². The minimum Gasteiger partial charge on any atom is -0.391 e. The number of sulfonamides is 1. The number of benzene rings is 1. The number of hydrogen-bond acceptors (Lipinski definition) is 3. The summed E-state index contributed by atoms with van der Waals surface area (Å²) in [7, 11) is -1.06. The van der Waals surface area contributed by atoms with Gasteiger partial charge in [0.15, 0.2) is 0 Å². The van der Waals surface area contributed by atoms with E-state index in [-0.39, 0.29) is 0 Å². The molecular weight excluding hydrogens is 266 g/mol. The minimum atomic E-state index is -4.16. The summed E-state index contributed by atoms with van der Waals surface area (Å²) < 4.78 is 53.1. The van der Waals surface area contributed by atoms with Gasteiger partial charge in [-0.2, -0.15) is 8.42 Å². The first-order chi connectivity index (χ1) is 8.27. The van der Waals surface area contributed by atoms with Crippen molar-refractivity contribution in [1.29, 1.82) is 0 Å². The van der Waals surface area contributed by atoms with Crippen molar-refractivity contribution in [1.82, 2.24) is 4.90 Å². The SMILES string of the molecule is CN(C)/C=N/S(=O)(=O)c1cc(F)c(CO)c(F)c1. The summed E-state index contributed by atoms with van der Waals surface area (Å²) in [6.45, 7) is -0.848. The normalized spacial score (nSPS) is 12.1. The van der Waals surface area contributed by atoms with Gasteiger partial charge < -0.3 is 10.0 Å². The molecule has 0 radical (unpaired) electrons. The topological polar surface area (TPSA) is 70.0 Å². The van der Waals surface area contributed by atoms with Gasteiger partial charge in [-0.05, 0) is 12.1 Å². The second kappa shape index (κ2) is 5.40. The summed E-state index contributed by atoms with van der Waals surface area (Å²) in [5.74, 6) is -2.26. The van der Waals surface area contributed by atoms with Crippen LogP contribution < -0.4 is 0 Å². The molecule has 1 rings (SSSR count). The Morgan fingerprint density at radius 1 is 1.33 bits per heavy atom. The predicted molar refractivity (Wildman–Crippen MR) is 61.6 cm³/mol. The standard InChI is InChI=1S/C10H12F2N2O3S/c1-14(2)6-13-18(16,17)7-3-9(11)8(5-15)10(12)4-7/h3-4,6,15H,5H2,1-2H3/b13-6+. The molecule has 5 nitrogen and oxygen atoms in total. The minimum absolute atomic E-state index is 0.578. The quantitative estimate of drug-likeness (QED) is 0.651. The van der Waals surface area contributed by atoms with E-state index in [1.54, 1.807) is 14.1 Å². The van der Waals surface area contributed by atoms with E-state index >= 15 is 0 Å². The Kier molecular flexibility index (Phi) is 4.36. The molecule has 0 fully saturated rings. The zero-order valence-corrected chi connectivity index (χ0v) is 10.6. The molecule has 1 aromatic rings. The molecule has 8 heteroatoms. The van der Waals surface area contributed by atoms with Gasteiger partial charge in [-0.25, -0.2) is 8.78 Å². The molecule has 0 heterocycles. The van der Waals surface area contributed by atoms with Crippen LogP contribution in [0.1, 0.15) is 5.56 Å². The third-order valence-electron chi connectivity index (χ3n) is 1.99. The number of rotatable bonds is 4. The molecule has 1 N–H and O–H groups in total. The first kappa shape index (κ1) is 14.5. The highest BCUT2D eigenvalue weighted by molar-refractivity contribution is 7.90. The van der Waals surface area contributed by atoms with Crippen molar-refractivity contribution in [2.75, 3.05) is 14.1 Å². The lowest BCUT2D eigenvalue weighted by atomic mass is 10.2. The molecule has 1 aromatic carbocycles. The van der Waals surface area contributed by atoms with Gasteiger partial charge in [0, 0.05) is 19.7 Å². The maximum Gasteiger partial charge on any atom is 0.283 e. The molecule has 0 aromatic heterocycles. The molecule has 0 unspecified atom stereocenters. The van der Waals surface area contributed by atoms with Crippen molar-refractivity contribution in [3.8, 4) is 0 Å². The van der Waals surface area contributed by atoms with Crippen LogP contribution in [0, 0.1) is 11.6 Å². The monoisotopic (exact) mass is 278 g/mol. The van der Waals surface area contributed by atoms with Crippen LogP contribution in [-0.4, -0.2) is 38.9 Å². The molecule has 0 spiro atoms. The molecule has 0 atom stereocenters. The fraction of sp³-hybridized carbons (Fsp3) is 0.300. The predicted octanol–water partition coefficient (Wildman–Crippen LogP) is 0.736. The van der Waals surface area contributed by atoms with E-state index in [1.807, 2.05) is 0 Å². The first-order valence-electron chi connectivity index (χ1n) is 4.83.